The molecule has 0 fully saturated rings. The molecule has 53 heavy (non-hydrogen) atoms. The summed E-state index contributed by atoms with van der Waals surface area (Å²) < 4.78 is 1.42. The molecule has 274 valence electrons. The number of fused-ring (bicyclic) bond motifs is 5. The van der Waals surface area contributed by atoms with Crippen LogP contribution in [0.25, 0.3) is 22.3 Å². The average molecular weight is 817 g/mol. The van der Waals surface area contributed by atoms with E-state index in [0.29, 0.717) is 5.41 Å². The Morgan fingerprint density at radius 1 is 0.736 bits per heavy atom. The molecule has 3 heteroatoms. The van der Waals surface area contributed by atoms with Crippen molar-refractivity contribution in [3.8, 4) is 11.1 Å². The van der Waals surface area contributed by atoms with Gasteiger partial charge in [0.15, 0.2) is 0 Å². The average Bonchev–Trinajstić information content (AvgIpc) is 3.82. The fourth-order valence-electron chi connectivity index (χ4n) is 8.05. The van der Waals surface area contributed by atoms with E-state index in [1.54, 1.807) is 0 Å². The summed E-state index contributed by atoms with van der Waals surface area (Å²) in [4.78, 5) is 0. The molecule has 5 aromatic rings. The second kappa shape index (κ2) is 16.8. The first kappa shape index (κ1) is 42.8. The monoisotopic (exact) mass is 814 g/mol. The van der Waals surface area contributed by atoms with Gasteiger partial charge in [0, 0.05) is 5.41 Å². The molecule has 5 aromatic carbocycles. The number of hydrogen-bond donors (Lipinski definition) is 0. The van der Waals surface area contributed by atoms with Gasteiger partial charge in [-0.05, 0) is 58.4 Å². The number of hydrogen-bond acceptors (Lipinski definition) is 0. The van der Waals surface area contributed by atoms with Crippen molar-refractivity contribution in [2.24, 2.45) is 0 Å². The van der Waals surface area contributed by atoms with Crippen LogP contribution in [0, 0.1) is 6.08 Å². The first-order chi connectivity index (χ1) is 24.1. The third kappa shape index (κ3) is 9.13. The van der Waals surface area contributed by atoms with Gasteiger partial charge < -0.3 is 24.8 Å². The summed E-state index contributed by atoms with van der Waals surface area (Å²) in [5.41, 5.74) is 20.5. The van der Waals surface area contributed by atoms with E-state index in [2.05, 4.69) is 185 Å². The van der Waals surface area contributed by atoms with E-state index in [9.17, 15) is 0 Å². The summed E-state index contributed by atoms with van der Waals surface area (Å²) >= 11 is 1.46. The first-order valence-corrected chi connectivity index (χ1v) is 19.9. The van der Waals surface area contributed by atoms with Crippen molar-refractivity contribution in [2.45, 2.75) is 105 Å². The number of benzene rings is 4. The summed E-state index contributed by atoms with van der Waals surface area (Å²) in [6.45, 7) is 22.7. The Labute approximate surface area is 347 Å². The Kier molecular flexibility index (Phi) is 13.6. The molecule has 0 aliphatic heterocycles. The minimum atomic E-state index is 0. The summed E-state index contributed by atoms with van der Waals surface area (Å²) in [6.07, 6.45) is 9.60. The van der Waals surface area contributed by atoms with Crippen molar-refractivity contribution < 1.29 is 49.0 Å². The van der Waals surface area contributed by atoms with E-state index in [4.69, 9.17) is 0 Å². The molecule has 0 radical (unpaired) electrons. The molecule has 0 spiro atoms. The van der Waals surface area contributed by atoms with Gasteiger partial charge >= 0.3 is 99.2 Å². The fraction of sp³-hybridized carbons (Fsp3) is 0.320. The van der Waals surface area contributed by atoms with Gasteiger partial charge in [-0.3, -0.25) is 6.08 Å². The SMILES string of the molecule is CC1=[C-]C(C)(C)c2cc3c(cc21)-c1cc2c(cc1C3)C(C)(C)C=C2C.CCCc1cc(C(C)(C)C)c[cH-]1.[Cl-].[Cl-].[Zr+2]=[C](c1ccccc1)c1ccccc1. The Balaban J connectivity index is 0.000000192. The molecule has 3 aliphatic carbocycles. The normalized spacial score (nSPS) is 15.0. The number of halogens is 2. The number of rotatable bonds is 4. The van der Waals surface area contributed by atoms with Crippen LogP contribution in [-0.4, -0.2) is 3.21 Å². The molecular formula is C50H54Cl2Zr-2. The maximum atomic E-state index is 3.65. The second-order valence-corrected chi connectivity index (χ2v) is 18.1. The molecule has 0 amide bonds. The molecule has 0 bridgehead atoms. The molecule has 0 heterocycles. The maximum absolute atomic E-state index is 3.65. The van der Waals surface area contributed by atoms with Gasteiger partial charge in [0.1, 0.15) is 0 Å². The van der Waals surface area contributed by atoms with Gasteiger partial charge in [-0.1, -0.05) is 104 Å². The van der Waals surface area contributed by atoms with E-state index in [1.807, 2.05) is 0 Å². The van der Waals surface area contributed by atoms with Gasteiger partial charge in [-0.2, -0.15) is 28.8 Å². The Hall–Kier alpha value is -2.96. The Bertz CT molecular complexity index is 2010. The van der Waals surface area contributed by atoms with Crippen molar-refractivity contribution in [3.05, 3.63) is 171 Å². The van der Waals surface area contributed by atoms with Gasteiger partial charge in [0.25, 0.3) is 0 Å². The summed E-state index contributed by atoms with van der Waals surface area (Å²) in [6, 6.07) is 37.8. The van der Waals surface area contributed by atoms with Gasteiger partial charge in [-0.25, -0.2) is 11.6 Å². The van der Waals surface area contributed by atoms with E-state index in [1.165, 1.54) is 118 Å². The van der Waals surface area contributed by atoms with Gasteiger partial charge in [0.05, 0.1) is 0 Å². The van der Waals surface area contributed by atoms with Crippen molar-refractivity contribution in [1.29, 1.82) is 0 Å². The predicted molar refractivity (Wildman–Crippen MR) is 218 cm³/mol. The first-order valence-electron chi connectivity index (χ1n) is 18.7. The molecule has 0 saturated heterocycles. The summed E-state index contributed by atoms with van der Waals surface area (Å²) in [5.74, 6) is 0. The second-order valence-electron chi connectivity index (χ2n) is 16.8. The third-order valence-electron chi connectivity index (χ3n) is 10.8. The minimum absolute atomic E-state index is 0. The zero-order valence-corrected chi connectivity index (χ0v) is 37.2. The van der Waals surface area contributed by atoms with Gasteiger partial charge in [0.2, 0.25) is 0 Å². The molecule has 8 rings (SSSR count). The molecule has 0 saturated carbocycles. The molecule has 3 aliphatic rings. The molecular weight excluding hydrogens is 763 g/mol. The molecule has 0 N–H and O–H groups in total. The van der Waals surface area contributed by atoms with Crippen molar-refractivity contribution in [1.82, 2.24) is 0 Å². The van der Waals surface area contributed by atoms with Crippen LogP contribution in [0.15, 0.2) is 109 Å². The van der Waals surface area contributed by atoms with Crippen LogP contribution >= 0.6 is 0 Å². The van der Waals surface area contributed by atoms with E-state index in [0.717, 1.165) is 6.42 Å². The molecule has 0 nitrogen and oxygen atoms in total. The number of allylic oxidation sites excluding steroid dienone is 4. The Morgan fingerprint density at radius 2 is 1.26 bits per heavy atom. The predicted octanol–water partition coefficient (Wildman–Crippen LogP) is 6.92. The topological polar surface area (TPSA) is 0 Å². The Morgan fingerprint density at radius 3 is 1.77 bits per heavy atom. The quantitative estimate of drug-likeness (QED) is 0.170. The zero-order chi connectivity index (χ0) is 36.7. The van der Waals surface area contributed by atoms with E-state index < -0.39 is 0 Å². The van der Waals surface area contributed by atoms with Crippen LogP contribution in [0.5, 0.6) is 0 Å². The summed E-state index contributed by atoms with van der Waals surface area (Å²) in [5, 5.41) is 0. The molecule has 0 atom stereocenters. The molecule has 0 unspecified atom stereocenters. The fourth-order valence-corrected chi connectivity index (χ4v) is 8.87. The zero-order valence-electron chi connectivity index (χ0n) is 33.3. The van der Waals surface area contributed by atoms with Crippen molar-refractivity contribution in [2.75, 3.05) is 0 Å². The van der Waals surface area contributed by atoms with Crippen LogP contribution in [0.3, 0.4) is 0 Å². The van der Waals surface area contributed by atoms with E-state index >= 15 is 0 Å². The van der Waals surface area contributed by atoms with Crippen LogP contribution in [0.2, 0.25) is 0 Å². The van der Waals surface area contributed by atoms with Crippen LogP contribution in [0.4, 0.5) is 0 Å². The third-order valence-corrected chi connectivity index (χ3v) is 12.2. The standard InChI is InChI=1S/C25H25.C13H10.C12H19.2ClH.Zr/c1-14-12-24(3,4)22-8-16-7-17-9-23-19(15(2)13-25(23,5)6)11-21(17)20(16)10-18(14)22;1-3-7-12(8-4-1)11-13-9-5-2-6-10-13;1-5-6-10-7-8-11(9-10)12(2,3)4;;;/h8-12H,7H2,1-6H3;1-10H;7-9H,5-6H2,1-4H3;2*1H;/q-1;;-1;;;+2/p-2. The summed E-state index contributed by atoms with van der Waals surface area (Å²) in [7, 11) is 0. The number of aryl methyl sites for hydroxylation is 1. The van der Waals surface area contributed by atoms with Crippen molar-refractivity contribution >= 4 is 14.4 Å². The van der Waals surface area contributed by atoms with Gasteiger partial charge in [-0.15, -0.1) is 11.6 Å². The van der Waals surface area contributed by atoms with E-state index in [-0.39, 0.29) is 35.6 Å². The van der Waals surface area contributed by atoms with Crippen LogP contribution < -0.4 is 24.8 Å². The van der Waals surface area contributed by atoms with Crippen molar-refractivity contribution in [3.63, 3.8) is 0 Å². The van der Waals surface area contributed by atoms with Crippen LogP contribution in [-0.2, 0) is 53.3 Å². The molecule has 0 aromatic heterocycles. The van der Waals surface area contributed by atoms with Crippen LogP contribution in [0.1, 0.15) is 131 Å².